The Morgan fingerprint density at radius 2 is 2.00 bits per heavy atom. The number of hydrogen-bond donors (Lipinski definition) is 1. The predicted molar refractivity (Wildman–Crippen MR) is 71.8 cm³/mol. The van der Waals surface area contributed by atoms with Crippen LogP contribution in [0.25, 0.3) is 0 Å². The molecule has 0 saturated carbocycles. The zero-order chi connectivity index (χ0) is 14.6. The van der Waals surface area contributed by atoms with Crippen LogP contribution in [0.4, 0.5) is 0 Å². The van der Waals surface area contributed by atoms with Crippen molar-refractivity contribution in [2.75, 3.05) is 13.6 Å². The van der Waals surface area contributed by atoms with Crippen molar-refractivity contribution in [1.29, 1.82) is 0 Å². The zero-order valence-electron chi connectivity index (χ0n) is 11.5. The van der Waals surface area contributed by atoms with Gasteiger partial charge in [-0.2, -0.15) is 0 Å². The third-order valence-electron chi connectivity index (χ3n) is 2.80. The summed E-state index contributed by atoms with van der Waals surface area (Å²) in [5, 5.41) is 9.08. The number of rotatable bonds is 7. The van der Waals surface area contributed by atoms with Gasteiger partial charge in [-0.1, -0.05) is 13.8 Å². The number of nitrogens with zero attached hydrogens (tertiary/aromatic N) is 2. The van der Waals surface area contributed by atoms with Crippen molar-refractivity contribution in [2.45, 2.75) is 38.1 Å². The molecule has 0 radical (unpaired) electrons. The molecule has 7 heteroatoms. The first-order valence-corrected chi connectivity index (χ1v) is 7.68. The van der Waals surface area contributed by atoms with E-state index in [-0.39, 0.29) is 10.6 Å². The van der Waals surface area contributed by atoms with Crippen LogP contribution in [0.2, 0.25) is 0 Å². The second-order valence-corrected chi connectivity index (χ2v) is 6.43. The van der Waals surface area contributed by atoms with Gasteiger partial charge in [0.2, 0.25) is 10.0 Å². The van der Waals surface area contributed by atoms with Crippen molar-refractivity contribution in [1.82, 2.24) is 8.87 Å². The molecular weight excluding hydrogens is 268 g/mol. The number of aromatic carboxylic acids is 1. The first-order valence-electron chi connectivity index (χ1n) is 6.24. The minimum Gasteiger partial charge on any atom is -0.477 e. The second kappa shape index (κ2) is 6.21. The van der Waals surface area contributed by atoms with E-state index in [9.17, 15) is 13.2 Å². The van der Waals surface area contributed by atoms with Crippen LogP contribution in [-0.4, -0.2) is 42.0 Å². The standard InChI is InChI=1S/C12H20N2O4S/c1-4-6-13(3)19(17,18)10-8-11(12(15)16)14(9-10)7-5-2/h8-9H,4-7H2,1-3H3,(H,15,16). The van der Waals surface area contributed by atoms with E-state index in [0.717, 1.165) is 6.42 Å². The predicted octanol–water partition coefficient (Wildman–Crippen LogP) is 1.63. The van der Waals surface area contributed by atoms with E-state index in [0.29, 0.717) is 19.5 Å². The summed E-state index contributed by atoms with van der Waals surface area (Å²) in [6, 6.07) is 1.22. The van der Waals surface area contributed by atoms with Crippen LogP contribution in [0.3, 0.4) is 0 Å². The summed E-state index contributed by atoms with van der Waals surface area (Å²) in [6.45, 7) is 4.68. The molecule has 0 atom stereocenters. The van der Waals surface area contributed by atoms with Gasteiger partial charge in [0.1, 0.15) is 10.6 Å². The fourth-order valence-corrected chi connectivity index (χ4v) is 3.15. The molecule has 0 saturated heterocycles. The Hall–Kier alpha value is -1.34. The van der Waals surface area contributed by atoms with Gasteiger partial charge in [-0.15, -0.1) is 0 Å². The molecule has 0 aliphatic carbocycles. The molecule has 19 heavy (non-hydrogen) atoms. The van der Waals surface area contributed by atoms with Gasteiger partial charge in [0.05, 0.1) is 0 Å². The van der Waals surface area contributed by atoms with E-state index in [1.54, 1.807) is 0 Å². The normalized spacial score (nSPS) is 12.0. The molecule has 0 amide bonds. The summed E-state index contributed by atoms with van der Waals surface area (Å²) in [5.41, 5.74) is 0.00493. The molecule has 0 unspecified atom stereocenters. The van der Waals surface area contributed by atoms with Crippen molar-refractivity contribution in [3.05, 3.63) is 18.0 Å². The largest absolute Gasteiger partial charge is 0.477 e. The third-order valence-corrected chi connectivity index (χ3v) is 4.62. The van der Waals surface area contributed by atoms with E-state index in [2.05, 4.69) is 0 Å². The number of sulfonamides is 1. The van der Waals surface area contributed by atoms with Crippen LogP contribution in [-0.2, 0) is 16.6 Å². The smallest absolute Gasteiger partial charge is 0.352 e. The Kier molecular flexibility index (Phi) is 5.13. The van der Waals surface area contributed by atoms with Gasteiger partial charge < -0.3 is 9.67 Å². The molecule has 1 N–H and O–H groups in total. The highest BCUT2D eigenvalue weighted by Gasteiger charge is 2.24. The fourth-order valence-electron chi connectivity index (χ4n) is 1.84. The van der Waals surface area contributed by atoms with Gasteiger partial charge in [0.15, 0.2) is 0 Å². The Morgan fingerprint density at radius 3 is 2.47 bits per heavy atom. The SMILES string of the molecule is CCCN(C)S(=O)(=O)c1cc(C(=O)O)n(CCC)c1. The van der Waals surface area contributed by atoms with Crippen LogP contribution in [0, 0.1) is 0 Å². The molecule has 108 valence electrons. The molecule has 1 rings (SSSR count). The van der Waals surface area contributed by atoms with Gasteiger partial charge in [-0.3, -0.25) is 0 Å². The highest BCUT2D eigenvalue weighted by Crippen LogP contribution is 2.19. The quantitative estimate of drug-likeness (QED) is 0.827. The summed E-state index contributed by atoms with van der Waals surface area (Å²) in [7, 11) is -2.11. The minimum absolute atomic E-state index is 0.00493. The monoisotopic (exact) mass is 288 g/mol. The van der Waals surface area contributed by atoms with Gasteiger partial charge in [-0.05, 0) is 18.9 Å². The molecule has 1 aromatic heterocycles. The molecule has 0 aromatic carbocycles. The molecule has 0 fully saturated rings. The van der Waals surface area contributed by atoms with E-state index >= 15 is 0 Å². The summed E-state index contributed by atoms with van der Waals surface area (Å²) >= 11 is 0. The maximum atomic E-state index is 12.2. The average molecular weight is 288 g/mol. The Bertz CT molecular complexity index is 548. The maximum absolute atomic E-state index is 12.2. The van der Waals surface area contributed by atoms with E-state index in [1.807, 2.05) is 13.8 Å². The first kappa shape index (κ1) is 15.7. The molecule has 1 heterocycles. The van der Waals surface area contributed by atoms with Crippen LogP contribution >= 0.6 is 0 Å². The van der Waals surface area contributed by atoms with E-state index < -0.39 is 16.0 Å². The molecule has 6 nitrogen and oxygen atoms in total. The molecular formula is C12H20N2O4S. The molecule has 0 aliphatic heterocycles. The van der Waals surface area contributed by atoms with E-state index in [4.69, 9.17) is 5.11 Å². The van der Waals surface area contributed by atoms with Gasteiger partial charge in [0.25, 0.3) is 0 Å². The third kappa shape index (κ3) is 3.36. The fraction of sp³-hybridized carbons (Fsp3) is 0.583. The molecule has 0 spiro atoms. The molecule has 0 bridgehead atoms. The Balaban J connectivity index is 3.21. The number of carboxylic acids is 1. The van der Waals surface area contributed by atoms with Crippen LogP contribution in [0.15, 0.2) is 17.2 Å². The Morgan fingerprint density at radius 1 is 1.37 bits per heavy atom. The van der Waals surface area contributed by atoms with Crippen molar-refractivity contribution < 1.29 is 18.3 Å². The van der Waals surface area contributed by atoms with E-state index in [1.165, 1.54) is 28.2 Å². The minimum atomic E-state index is -3.61. The number of aryl methyl sites for hydroxylation is 1. The van der Waals surface area contributed by atoms with Gasteiger partial charge >= 0.3 is 5.97 Å². The summed E-state index contributed by atoms with van der Waals surface area (Å²) in [4.78, 5) is 11.1. The number of carbonyl (C=O) groups is 1. The molecule has 0 aliphatic rings. The average Bonchev–Trinajstić information content (AvgIpc) is 2.74. The highest BCUT2D eigenvalue weighted by atomic mass is 32.2. The first-order chi connectivity index (χ1) is 8.84. The van der Waals surface area contributed by atoms with Crippen LogP contribution in [0.1, 0.15) is 37.2 Å². The van der Waals surface area contributed by atoms with Crippen molar-refractivity contribution in [2.24, 2.45) is 0 Å². The number of carboxylic acid groups (broad SMARTS) is 1. The summed E-state index contributed by atoms with van der Waals surface area (Å²) in [5.74, 6) is -1.12. The summed E-state index contributed by atoms with van der Waals surface area (Å²) in [6.07, 6.45) is 2.84. The lowest BCUT2D eigenvalue weighted by atomic mass is 10.4. The van der Waals surface area contributed by atoms with Crippen molar-refractivity contribution in [3.63, 3.8) is 0 Å². The zero-order valence-corrected chi connectivity index (χ0v) is 12.3. The molecule has 1 aromatic rings. The lowest BCUT2D eigenvalue weighted by molar-refractivity contribution is 0.0685. The highest BCUT2D eigenvalue weighted by molar-refractivity contribution is 7.89. The maximum Gasteiger partial charge on any atom is 0.352 e. The topological polar surface area (TPSA) is 79.6 Å². The van der Waals surface area contributed by atoms with Gasteiger partial charge in [-0.25, -0.2) is 17.5 Å². The van der Waals surface area contributed by atoms with Crippen molar-refractivity contribution in [3.8, 4) is 0 Å². The van der Waals surface area contributed by atoms with Crippen molar-refractivity contribution >= 4 is 16.0 Å². The van der Waals surface area contributed by atoms with Crippen LogP contribution < -0.4 is 0 Å². The Labute approximate surface area is 113 Å². The second-order valence-electron chi connectivity index (χ2n) is 4.39. The van der Waals surface area contributed by atoms with Crippen LogP contribution in [0.5, 0.6) is 0 Å². The lowest BCUT2D eigenvalue weighted by Crippen LogP contribution is -2.27. The summed E-state index contributed by atoms with van der Waals surface area (Å²) < 4.78 is 27.2. The number of aromatic nitrogens is 1. The lowest BCUT2D eigenvalue weighted by Gasteiger charge is -2.14. The number of hydrogen-bond acceptors (Lipinski definition) is 3. The van der Waals surface area contributed by atoms with Gasteiger partial charge in [0, 0.05) is 26.3 Å².